The van der Waals surface area contributed by atoms with Crippen molar-refractivity contribution >= 4 is 29.2 Å². The third-order valence-electron chi connectivity index (χ3n) is 3.87. The van der Waals surface area contributed by atoms with E-state index >= 15 is 0 Å². The Labute approximate surface area is 128 Å². The summed E-state index contributed by atoms with van der Waals surface area (Å²) in [6.07, 6.45) is 1.13. The van der Waals surface area contributed by atoms with Crippen LogP contribution in [-0.2, 0) is 9.59 Å². The summed E-state index contributed by atoms with van der Waals surface area (Å²) >= 11 is 6.00. The highest BCUT2D eigenvalue weighted by Crippen LogP contribution is 2.37. The Kier molecular flexibility index (Phi) is 4.73. The van der Waals surface area contributed by atoms with Crippen LogP contribution in [0.5, 0.6) is 5.75 Å². The molecule has 6 heteroatoms. The molecule has 2 rings (SSSR count). The Morgan fingerprint density at radius 2 is 2.00 bits per heavy atom. The molecular weight excluding hydrogens is 294 g/mol. The molecule has 0 bridgehead atoms. The van der Waals surface area contributed by atoms with Crippen LogP contribution in [0.2, 0.25) is 5.02 Å². The minimum atomic E-state index is -0.910. The van der Waals surface area contributed by atoms with E-state index in [1.807, 2.05) is 6.92 Å². The number of anilines is 1. The summed E-state index contributed by atoms with van der Waals surface area (Å²) < 4.78 is 5.04. The van der Waals surface area contributed by atoms with Gasteiger partial charge in [0, 0.05) is 5.69 Å². The van der Waals surface area contributed by atoms with Crippen LogP contribution in [0.3, 0.4) is 0 Å². The molecule has 0 aromatic heterocycles. The van der Waals surface area contributed by atoms with Crippen molar-refractivity contribution in [3.05, 3.63) is 23.2 Å². The minimum absolute atomic E-state index is 0.237. The minimum Gasteiger partial charge on any atom is -0.495 e. The molecule has 1 aliphatic carbocycles. The number of hydrogen-bond donors (Lipinski definition) is 2. The smallest absolute Gasteiger partial charge is 0.307 e. The van der Waals surface area contributed by atoms with Gasteiger partial charge >= 0.3 is 5.97 Å². The molecule has 1 aliphatic rings. The third-order valence-corrected chi connectivity index (χ3v) is 4.17. The quantitative estimate of drug-likeness (QED) is 0.896. The Hall–Kier alpha value is -1.75. The van der Waals surface area contributed by atoms with Gasteiger partial charge in [-0.3, -0.25) is 9.59 Å². The van der Waals surface area contributed by atoms with Gasteiger partial charge in [0.05, 0.1) is 24.0 Å². The fourth-order valence-electron chi connectivity index (χ4n) is 2.83. The van der Waals surface area contributed by atoms with Crippen molar-refractivity contribution in [2.45, 2.75) is 19.8 Å². The number of halogens is 1. The molecule has 1 amide bonds. The molecule has 0 heterocycles. The molecule has 1 saturated carbocycles. The van der Waals surface area contributed by atoms with Gasteiger partial charge in [0.15, 0.2) is 0 Å². The number of ether oxygens (including phenoxy) is 1. The zero-order valence-electron chi connectivity index (χ0n) is 11.9. The Morgan fingerprint density at radius 3 is 2.57 bits per heavy atom. The molecule has 5 nitrogen and oxygen atoms in total. The van der Waals surface area contributed by atoms with E-state index in [-0.39, 0.29) is 11.8 Å². The van der Waals surface area contributed by atoms with Crippen molar-refractivity contribution in [2.75, 3.05) is 12.4 Å². The first-order valence-corrected chi connectivity index (χ1v) is 7.17. The van der Waals surface area contributed by atoms with Crippen LogP contribution in [0.15, 0.2) is 18.2 Å². The fraction of sp³-hybridized carbons (Fsp3) is 0.467. The van der Waals surface area contributed by atoms with E-state index in [1.165, 1.54) is 7.11 Å². The van der Waals surface area contributed by atoms with Gasteiger partial charge in [0.2, 0.25) is 5.91 Å². The van der Waals surface area contributed by atoms with E-state index in [9.17, 15) is 14.7 Å². The van der Waals surface area contributed by atoms with E-state index in [4.69, 9.17) is 16.3 Å². The summed E-state index contributed by atoms with van der Waals surface area (Å²) in [6.45, 7) is 1.97. The van der Waals surface area contributed by atoms with Gasteiger partial charge < -0.3 is 15.2 Å². The fourth-order valence-corrected chi connectivity index (χ4v) is 3.09. The lowest BCUT2D eigenvalue weighted by atomic mass is 9.95. The highest BCUT2D eigenvalue weighted by Gasteiger charge is 2.41. The summed E-state index contributed by atoms with van der Waals surface area (Å²) in [6, 6.07) is 4.92. The lowest BCUT2D eigenvalue weighted by Gasteiger charge is -2.16. The lowest BCUT2D eigenvalue weighted by molar-refractivity contribution is -0.145. The van der Waals surface area contributed by atoms with Crippen LogP contribution in [0.1, 0.15) is 19.8 Å². The van der Waals surface area contributed by atoms with Gasteiger partial charge in [-0.1, -0.05) is 18.5 Å². The number of amides is 1. The van der Waals surface area contributed by atoms with Gasteiger partial charge in [-0.15, -0.1) is 0 Å². The number of methoxy groups -OCH3 is 1. The van der Waals surface area contributed by atoms with Crippen molar-refractivity contribution in [1.82, 2.24) is 0 Å². The first-order chi connectivity index (χ1) is 9.92. The Bertz CT molecular complexity index is 561. The first-order valence-electron chi connectivity index (χ1n) is 6.79. The summed E-state index contributed by atoms with van der Waals surface area (Å²) in [7, 11) is 1.51. The number of carboxylic acids is 1. The number of carbonyl (C=O) groups excluding carboxylic acids is 1. The van der Waals surface area contributed by atoms with E-state index in [1.54, 1.807) is 18.2 Å². The summed E-state index contributed by atoms with van der Waals surface area (Å²) in [5, 5.41) is 12.3. The van der Waals surface area contributed by atoms with E-state index in [0.717, 1.165) is 0 Å². The van der Waals surface area contributed by atoms with Gasteiger partial charge in [-0.2, -0.15) is 0 Å². The van der Waals surface area contributed by atoms with Crippen LogP contribution < -0.4 is 10.1 Å². The molecule has 0 radical (unpaired) electrons. The molecular formula is C15H18ClNO4. The second-order valence-corrected chi connectivity index (χ2v) is 5.87. The van der Waals surface area contributed by atoms with Gasteiger partial charge in [0.25, 0.3) is 0 Å². The van der Waals surface area contributed by atoms with Crippen molar-refractivity contribution in [3.63, 3.8) is 0 Å². The van der Waals surface area contributed by atoms with Crippen LogP contribution in [-0.4, -0.2) is 24.1 Å². The number of carboxylic acid groups (broad SMARTS) is 1. The SMILES string of the molecule is COc1ccc(NC(=O)C2CC(C)CC2C(=O)O)cc1Cl. The van der Waals surface area contributed by atoms with Crippen LogP contribution in [0.25, 0.3) is 0 Å². The molecule has 21 heavy (non-hydrogen) atoms. The molecule has 3 atom stereocenters. The Morgan fingerprint density at radius 1 is 1.33 bits per heavy atom. The highest BCUT2D eigenvalue weighted by molar-refractivity contribution is 6.32. The van der Waals surface area contributed by atoms with Crippen molar-refractivity contribution in [2.24, 2.45) is 17.8 Å². The second kappa shape index (κ2) is 6.35. The zero-order chi connectivity index (χ0) is 15.6. The van der Waals surface area contributed by atoms with Gasteiger partial charge in [-0.25, -0.2) is 0 Å². The van der Waals surface area contributed by atoms with Crippen LogP contribution in [0.4, 0.5) is 5.69 Å². The van der Waals surface area contributed by atoms with E-state index in [0.29, 0.717) is 29.3 Å². The maximum atomic E-state index is 12.3. The highest BCUT2D eigenvalue weighted by atomic mass is 35.5. The van der Waals surface area contributed by atoms with E-state index in [2.05, 4.69) is 5.32 Å². The molecule has 0 spiro atoms. The average Bonchev–Trinajstić information content (AvgIpc) is 2.81. The molecule has 0 aliphatic heterocycles. The monoisotopic (exact) mass is 311 g/mol. The predicted molar refractivity (Wildman–Crippen MR) is 79.6 cm³/mol. The normalized spacial score (nSPS) is 24.6. The van der Waals surface area contributed by atoms with Crippen LogP contribution in [0, 0.1) is 17.8 Å². The van der Waals surface area contributed by atoms with Crippen LogP contribution >= 0.6 is 11.6 Å². The second-order valence-electron chi connectivity index (χ2n) is 5.47. The molecule has 1 aromatic carbocycles. The number of rotatable bonds is 4. The molecule has 114 valence electrons. The van der Waals surface area contributed by atoms with E-state index < -0.39 is 17.8 Å². The van der Waals surface area contributed by atoms with Gasteiger partial charge in [-0.05, 0) is 37.0 Å². The number of benzene rings is 1. The maximum absolute atomic E-state index is 12.3. The topological polar surface area (TPSA) is 75.6 Å². The summed E-state index contributed by atoms with van der Waals surface area (Å²) in [5.41, 5.74) is 0.537. The third kappa shape index (κ3) is 3.47. The largest absolute Gasteiger partial charge is 0.495 e. The standard InChI is InChI=1S/C15H18ClNO4/c1-8-5-10(11(6-8)15(19)20)14(18)17-9-3-4-13(21-2)12(16)7-9/h3-4,7-8,10-11H,5-6H2,1-2H3,(H,17,18)(H,19,20). The summed E-state index contributed by atoms with van der Waals surface area (Å²) in [5.74, 6) is -1.54. The molecule has 3 unspecified atom stereocenters. The molecule has 1 fully saturated rings. The van der Waals surface area contributed by atoms with Crippen molar-refractivity contribution in [3.8, 4) is 5.75 Å². The number of carbonyl (C=O) groups is 2. The lowest BCUT2D eigenvalue weighted by Crippen LogP contribution is -2.29. The van der Waals surface area contributed by atoms with Gasteiger partial charge in [0.1, 0.15) is 5.75 Å². The molecule has 2 N–H and O–H groups in total. The summed E-state index contributed by atoms with van der Waals surface area (Å²) in [4.78, 5) is 23.5. The molecule has 0 saturated heterocycles. The predicted octanol–water partition coefficient (Wildman–Crippen LogP) is 3.03. The zero-order valence-corrected chi connectivity index (χ0v) is 12.7. The number of hydrogen-bond acceptors (Lipinski definition) is 3. The first kappa shape index (κ1) is 15.6. The number of aliphatic carboxylic acids is 1. The van der Waals surface area contributed by atoms with Crippen molar-refractivity contribution in [1.29, 1.82) is 0 Å². The Balaban J connectivity index is 2.10. The van der Waals surface area contributed by atoms with Crippen molar-refractivity contribution < 1.29 is 19.4 Å². The maximum Gasteiger partial charge on any atom is 0.307 e. The molecule has 1 aromatic rings. The number of nitrogens with one attached hydrogen (secondary N) is 1. The average molecular weight is 312 g/mol.